The van der Waals surface area contributed by atoms with E-state index >= 15 is 0 Å². The largest absolute Gasteiger partial charge is 0.382 e. The van der Waals surface area contributed by atoms with Crippen LogP contribution in [0.25, 0.3) is 33.3 Å². The minimum Gasteiger partial charge on any atom is -0.382 e. The highest BCUT2D eigenvalue weighted by atomic mass is 15.5. The number of hydrogen-bond acceptors (Lipinski definition) is 6. The lowest BCUT2D eigenvalue weighted by molar-refractivity contribution is 0.721. The van der Waals surface area contributed by atoms with E-state index in [9.17, 15) is 0 Å². The second kappa shape index (κ2) is 8.39. The first-order valence-electron chi connectivity index (χ1n) is 10.8. The molecular weight excluding hydrogens is 400 g/mol. The normalized spacial score (nSPS) is 14.9. The van der Waals surface area contributed by atoms with Crippen LogP contribution in [0.15, 0.2) is 60.2 Å². The van der Waals surface area contributed by atoms with Crippen LogP contribution in [0.1, 0.15) is 42.7 Å². The zero-order chi connectivity index (χ0) is 22.1. The van der Waals surface area contributed by atoms with E-state index in [1.54, 1.807) is 11.0 Å². The van der Waals surface area contributed by atoms with Gasteiger partial charge in [-0.25, -0.2) is 21.3 Å². The quantitative estimate of drug-likeness (QED) is 0.195. The average molecular weight is 427 g/mol. The summed E-state index contributed by atoms with van der Waals surface area (Å²) in [7, 11) is 1.91. The van der Waals surface area contributed by atoms with Gasteiger partial charge in [0.15, 0.2) is 5.84 Å². The van der Waals surface area contributed by atoms with Gasteiger partial charge in [-0.1, -0.05) is 31.0 Å². The Morgan fingerprint density at radius 3 is 2.62 bits per heavy atom. The lowest BCUT2D eigenvalue weighted by Crippen LogP contribution is -2.24. The van der Waals surface area contributed by atoms with Gasteiger partial charge in [0.1, 0.15) is 6.33 Å². The first-order valence-corrected chi connectivity index (χ1v) is 10.8. The summed E-state index contributed by atoms with van der Waals surface area (Å²) in [6.45, 7) is 0. The zero-order valence-corrected chi connectivity index (χ0v) is 18.0. The summed E-state index contributed by atoms with van der Waals surface area (Å²) < 4.78 is 1.80. The van der Waals surface area contributed by atoms with Gasteiger partial charge in [0.05, 0.1) is 17.4 Å². The van der Waals surface area contributed by atoms with Crippen molar-refractivity contribution in [3.8, 4) is 22.4 Å². The number of amidine groups is 1. The molecule has 5 N–H and O–H groups in total. The lowest BCUT2D eigenvalue weighted by atomic mass is 9.89. The van der Waals surface area contributed by atoms with Crippen LogP contribution in [0.3, 0.4) is 0 Å². The van der Waals surface area contributed by atoms with E-state index in [0.717, 1.165) is 51.7 Å². The van der Waals surface area contributed by atoms with Crippen LogP contribution in [-0.4, -0.2) is 25.6 Å². The van der Waals surface area contributed by atoms with Crippen molar-refractivity contribution in [3.05, 3.63) is 66.2 Å². The molecule has 4 aromatic rings. The van der Waals surface area contributed by atoms with Gasteiger partial charge in [-0.3, -0.25) is 4.68 Å². The molecule has 0 bridgehead atoms. The zero-order valence-electron chi connectivity index (χ0n) is 18.0. The van der Waals surface area contributed by atoms with Crippen molar-refractivity contribution in [3.63, 3.8) is 0 Å². The van der Waals surface area contributed by atoms with Gasteiger partial charge < -0.3 is 5.73 Å². The third kappa shape index (κ3) is 3.69. The van der Waals surface area contributed by atoms with E-state index < -0.39 is 0 Å². The van der Waals surface area contributed by atoms with Crippen LogP contribution in [0.5, 0.6) is 0 Å². The summed E-state index contributed by atoms with van der Waals surface area (Å²) in [6, 6.07) is 12.5. The van der Waals surface area contributed by atoms with E-state index in [1.165, 1.54) is 18.4 Å². The molecule has 5 rings (SSSR count). The molecule has 32 heavy (non-hydrogen) atoms. The summed E-state index contributed by atoms with van der Waals surface area (Å²) in [6.07, 6.45) is 10.2. The molecule has 0 unspecified atom stereocenters. The molecule has 2 heterocycles. The van der Waals surface area contributed by atoms with Crippen molar-refractivity contribution in [1.82, 2.24) is 25.3 Å². The average Bonchev–Trinajstić information content (AvgIpc) is 3.50. The molecule has 8 heteroatoms. The van der Waals surface area contributed by atoms with Gasteiger partial charge >= 0.3 is 0 Å². The van der Waals surface area contributed by atoms with Crippen molar-refractivity contribution in [1.29, 1.82) is 0 Å². The minimum atomic E-state index is 0.398. The van der Waals surface area contributed by atoms with Crippen molar-refractivity contribution >= 4 is 16.7 Å². The van der Waals surface area contributed by atoms with Gasteiger partial charge in [-0.2, -0.15) is 5.10 Å². The molecule has 1 saturated carbocycles. The fourth-order valence-corrected chi connectivity index (χ4v) is 4.68. The Bertz CT molecular complexity index is 1300. The molecule has 0 spiro atoms. The Morgan fingerprint density at radius 2 is 1.88 bits per heavy atom. The molecule has 162 valence electrons. The van der Waals surface area contributed by atoms with Crippen molar-refractivity contribution in [2.24, 2.45) is 23.7 Å². The topological polar surface area (TPSA) is 120 Å². The molecular formula is C24H26N8. The standard InChI is InChI=1S/C24H26N8/c1-32-13-18(12-29-32)16-6-9-20-22(11-16)27-14-28-23(20)17-7-8-19(24(25)30-31-26)21(10-17)15-4-2-3-5-15/h6-15,31H,2-5,26H2,1H3,(H2,25,30). The maximum absolute atomic E-state index is 6.20. The van der Waals surface area contributed by atoms with Crippen molar-refractivity contribution in [2.75, 3.05) is 0 Å². The Morgan fingerprint density at radius 1 is 1.06 bits per heavy atom. The second-order valence-corrected chi connectivity index (χ2v) is 8.27. The summed E-state index contributed by atoms with van der Waals surface area (Å²) in [4.78, 5) is 9.17. The Kier molecular flexibility index (Phi) is 5.28. The third-order valence-corrected chi connectivity index (χ3v) is 6.26. The number of aryl methyl sites for hydroxylation is 1. The Balaban J connectivity index is 1.61. The van der Waals surface area contributed by atoms with E-state index in [0.29, 0.717) is 11.8 Å². The number of nitrogens with two attached hydrogens (primary N) is 2. The highest BCUT2D eigenvalue weighted by Gasteiger charge is 2.22. The highest BCUT2D eigenvalue weighted by molar-refractivity contribution is 6.00. The molecule has 0 amide bonds. The molecule has 1 aliphatic carbocycles. The number of fused-ring (bicyclic) bond motifs is 1. The molecule has 0 saturated heterocycles. The van der Waals surface area contributed by atoms with Crippen LogP contribution >= 0.6 is 0 Å². The fourth-order valence-electron chi connectivity index (χ4n) is 4.68. The van der Waals surface area contributed by atoms with Gasteiger partial charge in [-0.15, -0.1) is 5.10 Å². The molecule has 8 nitrogen and oxygen atoms in total. The first kappa shape index (κ1) is 20.1. The van der Waals surface area contributed by atoms with E-state index in [2.05, 4.69) is 50.0 Å². The Labute approximate surface area is 186 Å². The van der Waals surface area contributed by atoms with E-state index in [-0.39, 0.29) is 0 Å². The van der Waals surface area contributed by atoms with Gasteiger partial charge in [0.25, 0.3) is 0 Å². The maximum Gasteiger partial charge on any atom is 0.152 e. The first-order chi connectivity index (χ1) is 15.6. The summed E-state index contributed by atoms with van der Waals surface area (Å²) in [5, 5.41) is 9.29. The van der Waals surface area contributed by atoms with Crippen molar-refractivity contribution in [2.45, 2.75) is 31.6 Å². The summed E-state index contributed by atoms with van der Waals surface area (Å²) in [5.74, 6) is 6.23. The van der Waals surface area contributed by atoms with Crippen LogP contribution < -0.4 is 17.1 Å². The molecule has 0 radical (unpaired) electrons. The molecule has 1 fully saturated rings. The smallest absolute Gasteiger partial charge is 0.152 e. The highest BCUT2D eigenvalue weighted by Crippen LogP contribution is 2.38. The lowest BCUT2D eigenvalue weighted by Gasteiger charge is -2.17. The van der Waals surface area contributed by atoms with Crippen LogP contribution in [0, 0.1) is 0 Å². The molecule has 0 atom stereocenters. The fraction of sp³-hybridized carbons (Fsp3) is 0.250. The molecule has 2 aromatic heterocycles. The van der Waals surface area contributed by atoms with Gasteiger partial charge in [-0.05, 0) is 48.1 Å². The predicted octanol–water partition coefficient (Wildman–Crippen LogP) is 3.44. The van der Waals surface area contributed by atoms with Gasteiger partial charge in [0.2, 0.25) is 0 Å². The number of benzene rings is 2. The second-order valence-electron chi connectivity index (χ2n) is 8.27. The molecule has 1 aliphatic rings. The number of hydrogen-bond donors (Lipinski definition) is 3. The number of hydrazine groups is 1. The predicted molar refractivity (Wildman–Crippen MR) is 126 cm³/mol. The third-order valence-electron chi connectivity index (χ3n) is 6.26. The summed E-state index contributed by atoms with van der Waals surface area (Å²) in [5.41, 5.74) is 15.6. The van der Waals surface area contributed by atoms with Crippen LogP contribution in [0.2, 0.25) is 0 Å². The number of nitrogens with zero attached hydrogens (tertiary/aromatic N) is 5. The number of aromatic nitrogens is 4. The number of hydrazone groups is 1. The summed E-state index contributed by atoms with van der Waals surface area (Å²) >= 11 is 0. The Hall–Kier alpha value is -3.78. The number of nitrogens with one attached hydrogen (secondary N) is 1. The number of rotatable bonds is 5. The maximum atomic E-state index is 6.20. The van der Waals surface area contributed by atoms with Crippen LogP contribution in [0.4, 0.5) is 0 Å². The minimum absolute atomic E-state index is 0.398. The van der Waals surface area contributed by atoms with Crippen LogP contribution in [-0.2, 0) is 7.05 Å². The molecule has 0 aliphatic heterocycles. The monoisotopic (exact) mass is 426 g/mol. The van der Waals surface area contributed by atoms with E-state index in [1.807, 2.05) is 31.6 Å². The SMILES string of the molecule is Cn1cc(-c2ccc3c(-c4ccc(/C(N)=N/NN)c(C5CCCC5)c4)ncnc3c2)cn1. The molecule has 2 aromatic carbocycles. The van der Waals surface area contributed by atoms with Crippen molar-refractivity contribution < 1.29 is 0 Å². The van der Waals surface area contributed by atoms with Gasteiger partial charge in [0, 0.05) is 35.3 Å². The van der Waals surface area contributed by atoms with E-state index in [4.69, 9.17) is 11.6 Å².